The molecule has 2 amide bonds. The molecule has 0 aromatic heterocycles. The highest BCUT2D eigenvalue weighted by atomic mass is 16.3. The molecular weight excluding hydrogens is 266 g/mol. The van der Waals surface area contributed by atoms with Gasteiger partial charge in [0.2, 0.25) is 0 Å². The van der Waals surface area contributed by atoms with E-state index in [4.69, 9.17) is 0 Å². The molecular formula is C16H25N3O2. The van der Waals surface area contributed by atoms with Crippen LogP contribution in [0, 0.1) is 0 Å². The third-order valence-electron chi connectivity index (χ3n) is 3.70. The molecule has 0 saturated carbocycles. The lowest BCUT2D eigenvalue weighted by molar-refractivity contribution is 0.187. The molecule has 1 aliphatic heterocycles. The van der Waals surface area contributed by atoms with Gasteiger partial charge in [0, 0.05) is 13.1 Å². The molecule has 1 heterocycles. The van der Waals surface area contributed by atoms with E-state index in [2.05, 4.69) is 15.5 Å². The second kappa shape index (κ2) is 6.80. The summed E-state index contributed by atoms with van der Waals surface area (Å²) in [6.07, 6.45) is 3.66. The fraction of sp³-hybridized carbons (Fsp3) is 0.562. The average Bonchev–Trinajstić information content (AvgIpc) is 2.48. The smallest absolute Gasteiger partial charge is 0.319 e. The van der Waals surface area contributed by atoms with Gasteiger partial charge in [0.25, 0.3) is 0 Å². The lowest BCUT2D eigenvalue weighted by Crippen LogP contribution is -2.48. The van der Waals surface area contributed by atoms with E-state index in [9.17, 15) is 9.90 Å². The van der Waals surface area contributed by atoms with Crippen molar-refractivity contribution in [3.05, 3.63) is 24.3 Å². The zero-order valence-electron chi connectivity index (χ0n) is 12.9. The van der Waals surface area contributed by atoms with Crippen molar-refractivity contribution >= 4 is 17.4 Å². The summed E-state index contributed by atoms with van der Waals surface area (Å²) in [5.74, 6) is 0. The maximum Gasteiger partial charge on any atom is 0.319 e. The first-order valence-electron chi connectivity index (χ1n) is 7.56. The highest BCUT2D eigenvalue weighted by Crippen LogP contribution is 2.28. The Hall–Kier alpha value is -1.75. The van der Waals surface area contributed by atoms with Crippen LogP contribution in [-0.2, 0) is 0 Å². The normalized spacial score (nSPS) is 15.7. The van der Waals surface area contributed by atoms with Gasteiger partial charge in [-0.25, -0.2) is 4.79 Å². The molecule has 0 radical (unpaired) electrons. The Morgan fingerprint density at radius 3 is 2.57 bits per heavy atom. The van der Waals surface area contributed by atoms with E-state index in [-0.39, 0.29) is 12.6 Å². The average molecular weight is 291 g/mol. The van der Waals surface area contributed by atoms with Crippen LogP contribution in [0.3, 0.4) is 0 Å². The molecule has 1 fully saturated rings. The number of anilines is 2. The second-order valence-corrected chi connectivity index (χ2v) is 6.19. The standard InChI is InChI=1S/C16H25N3O2/c1-16(2,12-20)18-15(21)17-13-8-4-5-9-14(13)19-10-6-3-7-11-19/h4-5,8-9,20H,3,6-7,10-12H2,1-2H3,(H2,17,18,21). The van der Waals surface area contributed by atoms with Crippen LogP contribution in [0.4, 0.5) is 16.2 Å². The van der Waals surface area contributed by atoms with Crippen molar-refractivity contribution in [3.8, 4) is 0 Å². The molecule has 0 aliphatic carbocycles. The number of amides is 2. The molecule has 116 valence electrons. The van der Waals surface area contributed by atoms with Gasteiger partial charge in [-0.2, -0.15) is 0 Å². The number of carbonyl (C=O) groups excluding carboxylic acids is 1. The van der Waals surface area contributed by atoms with Gasteiger partial charge in [0.15, 0.2) is 0 Å². The van der Waals surface area contributed by atoms with Gasteiger partial charge in [0.1, 0.15) is 0 Å². The van der Waals surface area contributed by atoms with E-state index in [1.165, 1.54) is 19.3 Å². The molecule has 5 nitrogen and oxygen atoms in total. The van der Waals surface area contributed by atoms with Crippen molar-refractivity contribution in [3.63, 3.8) is 0 Å². The fourth-order valence-electron chi connectivity index (χ4n) is 2.49. The topological polar surface area (TPSA) is 64.6 Å². The molecule has 0 unspecified atom stereocenters. The number of rotatable bonds is 4. The second-order valence-electron chi connectivity index (χ2n) is 6.19. The van der Waals surface area contributed by atoms with Crippen LogP contribution in [0.25, 0.3) is 0 Å². The summed E-state index contributed by atoms with van der Waals surface area (Å²) >= 11 is 0. The first kappa shape index (κ1) is 15.6. The van der Waals surface area contributed by atoms with Gasteiger partial charge in [-0.05, 0) is 45.2 Å². The monoisotopic (exact) mass is 291 g/mol. The highest BCUT2D eigenvalue weighted by molar-refractivity contribution is 5.93. The van der Waals surface area contributed by atoms with Gasteiger partial charge in [-0.1, -0.05) is 12.1 Å². The number of piperidine rings is 1. The summed E-state index contributed by atoms with van der Waals surface area (Å²) in [4.78, 5) is 14.4. The number of benzene rings is 1. The Kier molecular flexibility index (Phi) is 5.07. The number of aliphatic hydroxyl groups is 1. The van der Waals surface area contributed by atoms with Crippen LogP contribution in [0.5, 0.6) is 0 Å². The molecule has 1 aromatic carbocycles. The minimum atomic E-state index is -0.635. The molecule has 1 aliphatic rings. The largest absolute Gasteiger partial charge is 0.394 e. The van der Waals surface area contributed by atoms with Crippen LogP contribution < -0.4 is 15.5 Å². The number of para-hydroxylation sites is 2. The van der Waals surface area contributed by atoms with E-state index in [1.54, 1.807) is 13.8 Å². The minimum Gasteiger partial charge on any atom is -0.394 e. The van der Waals surface area contributed by atoms with E-state index in [0.29, 0.717) is 0 Å². The number of hydrogen-bond donors (Lipinski definition) is 3. The highest BCUT2D eigenvalue weighted by Gasteiger charge is 2.20. The van der Waals surface area contributed by atoms with Crippen molar-refractivity contribution < 1.29 is 9.90 Å². The molecule has 5 heteroatoms. The summed E-state index contributed by atoms with van der Waals surface area (Å²) in [5.41, 5.74) is 1.24. The molecule has 1 aromatic rings. The lowest BCUT2D eigenvalue weighted by atomic mass is 10.1. The van der Waals surface area contributed by atoms with Crippen molar-refractivity contribution in [2.75, 3.05) is 29.9 Å². The lowest BCUT2D eigenvalue weighted by Gasteiger charge is -2.31. The van der Waals surface area contributed by atoms with E-state index in [0.717, 1.165) is 24.5 Å². The van der Waals surface area contributed by atoms with Gasteiger partial charge >= 0.3 is 6.03 Å². The number of aliphatic hydroxyl groups excluding tert-OH is 1. The predicted octanol–water partition coefficient (Wildman–Crippen LogP) is 2.57. The summed E-state index contributed by atoms with van der Waals surface area (Å²) in [6, 6.07) is 7.57. The number of carbonyl (C=O) groups is 1. The van der Waals surface area contributed by atoms with Crippen LogP contribution in [-0.4, -0.2) is 36.4 Å². The minimum absolute atomic E-state index is 0.103. The molecule has 3 N–H and O–H groups in total. The van der Waals surface area contributed by atoms with Gasteiger partial charge < -0.3 is 20.6 Å². The van der Waals surface area contributed by atoms with Gasteiger partial charge in [-0.15, -0.1) is 0 Å². The summed E-state index contributed by atoms with van der Waals surface area (Å²) in [7, 11) is 0. The Labute approximate surface area is 126 Å². The first-order valence-corrected chi connectivity index (χ1v) is 7.56. The Morgan fingerprint density at radius 2 is 1.90 bits per heavy atom. The Bertz CT molecular complexity index is 482. The van der Waals surface area contributed by atoms with Crippen molar-refractivity contribution in [1.29, 1.82) is 0 Å². The number of urea groups is 1. The van der Waals surface area contributed by atoms with Gasteiger partial charge in [-0.3, -0.25) is 0 Å². The third-order valence-corrected chi connectivity index (χ3v) is 3.70. The van der Waals surface area contributed by atoms with Gasteiger partial charge in [0.05, 0.1) is 23.5 Å². The van der Waals surface area contributed by atoms with E-state index < -0.39 is 5.54 Å². The molecule has 1 saturated heterocycles. The van der Waals surface area contributed by atoms with E-state index in [1.807, 2.05) is 24.3 Å². The summed E-state index contributed by atoms with van der Waals surface area (Å²) in [5, 5.41) is 14.9. The number of nitrogens with zero attached hydrogens (tertiary/aromatic N) is 1. The van der Waals surface area contributed by atoms with Crippen LogP contribution in [0.15, 0.2) is 24.3 Å². The molecule has 21 heavy (non-hydrogen) atoms. The molecule has 2 rings (SSSR count). The predicted molar refractivity (Wildman–Crippen MR) is 85.8 cm³/mol. The van der Waals surface area contributed by atoms with Crippen LogP contribution >= 0.6 is 0 Å². The number of hydrogen-bond acceptors (Lipinski definition) is 3. The summed E-state index contributed by atoms with van der Waals surface area (Å²) < 4.78 is 0. The zero-order valence-corrected chi connectivity index (χ0v) is 12.9. The zero-order chi connectivity index (χ0) is 15.3. The Balaban J connectivity index is 2.07. The van der Waals surface area contributed by atoms with Crippen molar-refractivity contribution in [1.82, 2.24) is 5.32 Å². The van der Waals surface area contributed by atoms with Crippen molar-refractivity contribution in [2.45, 2.75) is 38.6 Å². The SMILES string of the molecule is CC(C)(CO)NC(=O)Nc1ccccc1N1CCCCC1. The number of nitrogens with one attached hydrogen (secondary N) is 2. The molecule has 0 atom stereocenters. The third kappa shape index (κ3) is 4.36. The molecule has 0 bridgehead atoms. The molecule has 0 spiro atoms. The van der Waals surface area contributed by atoms with Crippen molar-refractivity contribution in [2.24, 2.45) is 0 Å². The quantitative estimate of drug-likeness (QED) is 0.799. The summed E-state index contributed by atoms with van der Waals surface area (Å²) in [6.45, 7) is 5.52. The Morgan fingerprint density at radius 1 is 1.24 bits per heavy atom. The van der Waals surface area contributed by atoms with E-state index >= 15 is 0 Å². The maximum atomic E-state index is 12.1. The maximum absolute atomic E-state index is 12.1. The van der Waals surface area contributed by atoms with Crippen LogP contribution in [0.2, 0.25) is 0 Å². The first-order chi connectivity index (χ1) is 10.0. The van der Waals surface area contributed by atoms with Crippen LogP contribution in [0.1, 0.15) is 33.1 Å². The fourth-order valence-corrected chi connectivity index (χ4v) is 2.49.